The second-order valence-electron chi connectivity index (χ2n) is 21.5. The number of allylic oxidation sites excluding steroid dienone is 9. The van der Waals surface area contributed by atoms with Gasteiger partial charge in [0.05, 0.1) is 11.7 Å². The summed E-state index contributed by atoms with van der Waals surface area (Å²) in [5.41, 5.74) is 3.68. The van der Waals surface area contributed by atoms with Crippen molar-refractivity contribution in [2.75, 3.05) is 33.9 Å². The second kappa shape index (κ2) is 21.1. The van der Waals surface area contributed by atoms with Crippen molar-refractivity contribution in [3.63, 3.8) is 0 Å². The molecule has 2 aliphatic heterocycles. The molecule has 2 saturated carbocycles. The summed E-state index contributed by atoms with van der Waals surface area (Å²) in [7, 11) is 3.59. The van der Waals surface area contributed by atoms with E-state index in [1.807, 2.05) is 44.4 Å². The lowest BCUT2D eigenvalue weighted by molar-refractivity contribution is -0.208. The lowest BCUT2D eigenvalue weighted by Gasteiger charge is -2.66. The van der Waals surface area contributed by atoms with E-state index >= 15 is 0 Å². The topological polar surface area (TPSA) is 161 Å². The maximum Gasteiger partial charge on any atom is 0.162 e. The van der Waals surface area contributed by atoms with Crippen molar-refractivity contribution in [2.45, 2.75) is 141 Å². The lowest BCUT2D eigenvalue weighted by atomic mass is 9.40. The van der Waals surface area contributed by atoms with Crippen LogP contribution in [-0.4, -0.2) is 102 Å². The Labute approximate surface area is 394 Å². The third-order valence-corrected chi connectivity index (χ3v) is 16.9. The molecule has 6 aliphatic rings. The van der Waals surface area contributed by atoms with E-state index in [4.69, 9.17) is 9.47 Å². The van der Waals surface area contributed by atoms with Gasteiger partial charge < -0.3 is 40.3 Å². The van der Waals surface area contributed by atoms with E-state index in [1.165, 1.54) is 11.1 Å². The normalized spacial score (nSPS) is 38.3. The first-order valence-electron chi connectivity index (χ1n) is 24.9. The molecule has 10 heteroatoms. The number of aldehydes is 1. The van der Waals surface area contributed by atoms with Crippen molar-refractivity contribution < 1.29 is 39.8 Å². The van der Waals surface area contributed by atoms with Crippen LogP contribution in [0.25, 0.3) is 0 Å². The highest BCUT2D eigenvalue weighted by atomic mass is 16.6. The summed E-state index contributed by atoms with van der Waals surface area (Å²) >= 11 is 0. The molecule has 0 radical (unpaired) electrons. The summed E-state index contributed by atoms with van der Waals surface area (Å²) in [5, 5.41) is 66.9. The smallest absolute Gasteiger partial charge is 0.162 e. The minimum absolute atomic E-state index is 0.0258. The number of carbonyl (C=O) groups excluding carboxylic acids is 1. The van der Waals surface area contributed by atoms with Gasteiger partial charge in [0.2, 0.25) is 0 Å². The third kappa shape index (κ3) is 9.92. The zero-order valence-corrected chi connectivity index (χ0v) is 40.6. The molecule has 1 aromatic rings. The van der Waals surface area contributed by atoms with Gasteiger partial charge in [-0.25, -0.2) is 0 Å². The monoisotopic (exact) mass is 909 g/mol. The predicted octanol–water partition coefficient (Wildman–Crippen LogP) is 7.38. The highest BCUT2D eigenvalue weighted by Gasteiger charge is 2.71. The Hall–Kier alpha value is -3.29. The van der Waals surface area contributed by atoms with Crippen LogP contribution in [-0.2, 0) is 27.1 Å². The zero-order chi connectivity index (χ0) is 47.4. The van der Waals surface area contributed by atoms with E-state index in [1.54, 1.807) is 7.11 Å². The predicted molar refractivity (Wildman–Crippen MR) is 261 cm³/mol. The van der Waals surface area contributed by atoms with Gasteiger partial charge in [0.1, 0.15) is 18.6 Å². The largest absolute Gasteiger partial charge is 0.396 e. The molecular weight excluding hydrogens is 829 g/mol. The lowest BCUT2D eigenvalue weighted by Crippen LogP contribution is -2.67. The van der Waals surface area contributed by atoms with E-state index in [2.05, 4.69) is 80.5 Å². The first kappa shape index (κ1) is 50.6. The molecule has 1 aromatic carbocycles. The van der Waals surface area contributed by atoms with Crippen LogP contribution in [0.3, 0.4) is 0 Å². The Bertz CT molecular complexity index is 2090. The summed E-state index contributed by atoms with van der Waals surface area (Å²) in [4.78, 5) is 13.0. The van der Waals surface area contributed by atoms with E-state index in [-0.39, 0.29) is 41.7 Å². The van der Waals surface area contributed by atoms with Gasteiger partial charge in [-0.15, -0.1) is 0 Å². The van der Waals surface area contributed by atoms with Crippen molar-refractivity contribution >= 4 is 6.29 Å². The fourth-order valence-electron chi connectivity index (χ4n) is 13.4. The molecule has 362 valence electrons. The van der Waals surface area contributed by atoms with Gasteiger partial charge in [0.25, 0.3) is 0 Å². The number of carbonyl (C=O) groups is 1. The summed E-state index contributed by atoms with van der Waals surface area (Å²) in [6.45, 7) is 13.9. The first-order chi connectivity index (χ1) is 31.6. The van der Waals surface area contributed by atoms with Gasteiger partial charge in [-0.2, -0.15) is 0 Å². The number of methoxy groups -OCH3 is 1. The molecule has 13 unspecified atom stereocenters. The third-order valence-electron chi connectivity index (χ3n) is 16.9. The number of benzene rings is 1. The number of fused-ring (bicyclic) bond motifs is 3. The van der Waals surface area contributed by atoms with E-state index < -0.39 is 47.1 Å². The highest BCUT2D eigenvalue weighted by Crippen LogP contribution is 2.72. The summed E-state index contributed by atoms with van der Waals surface area (Å²) in [6, 6.07) is 8.69. The number of hydrogen-bond donors (Lipinski definition) is 7. The molecule has 2 fully saturated rings. The molecule has 0 saturated heterocycles. The van der Waals surface area contributed by atoms with Crippen LogP contribution in [0.5, 0.6) is 0 Å². The molecule has 4 aliphatic carbocycles. The maximum atomic E-state index is 13.4. The van der Waals surface area contributed by atoms with Gasteiger partial charge in [-0.3, -0.25) is 10.1 Å². The Morgan fingerprint density at radius 1 is 1.12 bits per heavy atom. The van der Waals surface area contributed by atoms with Crippen molar-refractivity contribution in [1.82, 2.24) is 10.6 Å². The summed E-state index contributed by atoms with van der Waals surface area (Å²) in [5.74, 6) is -0.970. The van der Waals surface area contributed by atoms with Crippen LogP contribution in [0.15, 0.2) is 107 Å². The van der Waals surface area contributed by atoms with Gasteiger partial charge in [-0.1, -0.05) is 98.9 Å². The van der Waals surface area contributed by atoms with Gasteiger partial charge >= 0.3 is 0 Å². The van der Waals surface area contributed by atoms with E-state index in [9.17, 15) is 30.3 Å². The molecule has 10 nitrogen and oxygen atoms in total. The summed E-state index contributed by atoms with van der Waals surface area (Å²) < 4.78 is 11.9. The number of aliphatic hydroxyl groups excluding tert-OH is 4. The molecule has 0 amide bonds. The zero-order valence-electron chi connectivity index (χ0n) is 40.6. The Morgan fingerprint density at radius 3 is 2.62 bits per heavy atom. The second-order valence-corrected chi connectivity index (χ2v) is 21.5. The Balaban J connectivity index is 1.27. The standard InChI is InChI=1S/C56H80N2O8/c1-36(2)44-18-19-47(66-52(44)63)45(15-8-11-37(3)42-17-16-38(4)51(62)58-53(5,27-30-65-7)33-40-13-9-12-39(31-40)32-42)46-21-25-56(50(46)61)49-41(22-29-59)20-24-54(35-55(56,64)26-28-57-6)23-10-14-43(34-60)48(49)54/h8-9,11-13,15-16,18-20,24,31,34,36,41-42,44,46-47,49-52,57-59,61-64H,3,10,14,17,21-23,25-30,32-33,35H2,1-2,4-7H3. The van der Waals surface area contributed by atoms with Crippen LogP contribution in [0.2, 0.25) is 0 Å². The molecular formula is C56H80N2O8. The minimum Gasteiger partial charge on any atom is -0.396 e. The highest BCUT2D eigenvalue weighted by molar-refractivity contribution is 5.77. The van der Waals surface area contributed by atoms with Crippen LogP contribution >= 0.6 is 0 Å². The van der Waals surface area contributed by atoms with Crippen molar-refractivity contribution in [1.29, 1.82) is 0 Å². The minimum atomic E-state index is -1.29. The number of ether oxygens (including phenoxy) is 2. The number of hydrogen-bond acceptors (Lipinski definition) is 10. The van der Waals surface area contributed by atoms with Crippen molar-refractivity contribution in [3.05, 3.63) is 118 Å². The molecule has 4 bridgehead atoms. The number of aliphatic hydroxyl groups is 5. The van der Waals surface area contributed by atoms with E-state index in [0.717, 1.165) is 66.3 Å². The maximum absolute atomic E-state index is 13.4. The van der Waals surface area contributed by atoms with Crippen LogP contribution in [0.1, 0.15) is 103 Å². The number of rotatable bonds is 15. The summed E-state index contributed by atoms with van der Waals surface area (Å²) in [6.07, 6.45) is 21.8. The molecule has 66 heavy (non-hydrogen) atoms. The Morgan fingerprint density at radius 2 is 1.91 bits per heavy atom. The first-order valence-corrected chi connectivity index (χ1v) is 24.9. The fourth-order valence-corrected chi connectivity index (χ4v) is 13.4. The number of nitrogens with one attached hydrogen (secondary N) is 2. The van der Waals surface area contributed by atoms with Gasteiger partial charge in [0, 0.05) is 48.5 Å². The molecule has 7 rings (SSSR count). The average Bonchev–Trinajstić information content (AvgIpc) is 3.63. The van der Waals surface area contributed by atoms with Crippen LogP contribution in [0, 0.1) is 46.3 Å². The van der Waals surface area contributed by atoms with Gasteiger partial charge in [0.15, 0.2) is 6.29 Å². The fraction of sp³-hybridized carbons (Fsp3) is 0.625. The van der Waals surface area contributed by atoms with Crippen molar-refractivity contribution in [2.24, 2.45) is 46.3 Å². The molecule has 2 heterocycles. The Kier molecular flexibility index (Phi) is 16.2. The van der Waals surface area contributed by atoms with Gasteiger partial charge in [-0.05, 0) is 162 Å². The molecule has 1 spiro atoms. The van der Waals surface area contributed by atoms with Crippen LogP contribution in [0.4, 0.5) is 0 Å². The SMILES string of the molecule is C=C(C=CC=C(C1C=CC(C(C)C)C(O)O1)C1CCC2(C1O)C1C3=C(C=O)CCCC3(C=CC1CCO)CC2(O)CCNC)C1CC=C(C)C(O)NC(C)(CCOC)Cc2cccc(c2)C1. The average molecular weight is 909 g/mol. The quantitative estimate of drug-likeness (QED) is 0.0538. The van der Waals surface area contributed by atoms with E-state index in [0.29, 0.717) is 58.1 Å². The van der Waals surface area contributed by atoms with Crippen LogP contribution < -0.4 is 10.6 Å². The molecule has 7 N–H and O–H groups in total. The molecule has 0 aromatic heterocycles. The van der Waals surface area contributed by atoms with Crippen molar-refractivity contribution in [3.8, 4) is 0 Å². The molecule has 13 atom stereocenters.